The van der Waals surface area contributed by atoms with E-state index in [9.17, 15) is 4.79 Å². The zero-order valence-corrected chi connectivity index (χ0v) is 11.9. The zero-order chi connectivity index (χ0) is 13.1. The highest BCUT2D eigenvalue weighted by Crippen LogP contribution is 2.32. The molecule has 2 N–H and O–H groups in total. The van der Waals surface area contributed by atoms with E-state index in [1.165, 1.54) is 19.3 Å². The highest BCUT2D eigenvalue weighted by atomic mass is 16.2. The monoisotopic (exact) mass is 252 g/mol. The second kappa shape index (κ2) is 6.05. The first-order chi connectivity index (χ1) is 8.63. The summed E-state index contributed by atoms with van der Waals surface area (Å²) in [4.78, 5) is 14.9. The van der Waals surface area contributed by atoms with E-state index in [-0.39, 0.29) is 12.0 Å². The van der Waals surface area contributed by atoms with Crippen LogP contribution in [0.1, 0.15) is 58.8 Å². The fraction of sp³-hybridized carbons (Fsp3) is 0.933. The largest absolute Gasteiger partial charge is 0.339 e. The van der Waals surface area contributed by atoms with Gasteiger partial charge in [0.1, 0.15) is 0 Å². The van der Waals surface area contributed by atoms with Crippen LogP contribution in [-0.2, 0) is 4.79 Å². The predicted molar refractivity (Wildman–Crippen MR) is 74.1 cm³/mol. The van der Waals surface area contributed by atoms with E-state index in [2.05, 4.69) is 18.7 Å². The van der Waals surface area contributed by atoms with Crippen molar-refractivity contribution in [2.24, 2.45) is 17.6 Å². The van der Waals surface area contributed by atoms with Gasteiger partial charge >= 0.3 is 0 Å². The highest BCUT2D eigenvalue weighted by Gasteiger charge is 2.36. The van der Waals surface area contributed by atoms with Crippen LogP contribution in [0.5, 0.6) is 0 Å². The van der Waals surface area contributed by atoms with E-state index in [1.807, 2.05) is 0 Å². The summed E-state index contributed by atoms with van der Waals surface area (Å²) in [5, 5.41) is 0. The Morgan fingerprint density at radius 3 is 2.78 bits per heavy atom. The minimum atomic E-state index is 0.181. The maximum atomic E-state index is 12.7. The fourth-order valence-corrected chi connectivity index (χ4v) is 3.63. The predicted octanol–water partition coefficient (Wildman–Crippen LogP) is 2.54. The molecule has 1 aliphatic carbocycles. The molecule has 4 unspecified atom stereocenters. The van der Waals surface area contributed by atoms with Crippen molar-refractivity contribution >= 4 is 5.91 Å². The number of amides is 1. The lowest BCUT2D eigenvalue weighted by Crippen LogP contribution is -2.49. The molecule has 2 aliphatic rings. The van der Waals surface area contributed by atoms with Gasteiger partial charge in [-0.1, -0.05) is 13.8 Å². The SMILES string of the molecule is CCC1CCCCN1C(=O)C1CC(N)CCC1C. The van der Waals surface area contributed by atoms with Crippen LogP contribution in [0, 0.1) is 11.8 Å². The molecule has 0 aromatic rings. The summed E-state index contributed by atoms with van der Waals surface area (Å²) in [5.41, 5.74) is 6.05. The van der Waals surface area contributed by atoms with Gasteiger partial charge in [-0.2, -0.15) is 0 Å². The number of piperidine rings is 1. The van der Waals surface area contributed by atoms with Gasteiger partial charge in [-0.15, -0.1) is 0 Å². The number of rotatable bonds is 2. The summed E-state index contributed by atoms with van der Waals surface area (Å²) in [5.74, 6) is 1.09. The summed E-state index contributed by atoms with van der Waals surface area (Å²) >= 11 is 0. The van der Waals surface area contributed by atoms with Crippen LogP contribution >= 0.6 is 0 Å². The van der Waals surface area contributed by atoms with Gasteiger partial charge in [-0.3, -0.25) is 4.79 Å². The topological polar surface area (TPSA) is 46.3 Å². The average Bonchev–Trinajstić information content (AvgIpc) is 2.40. The molecule has 0 radical (unpaired) electrons. The Morgan fingerprint density at radius 1 is 1.28 bits per heavy atom. The van der Waals surface area contributed by atoms with E-state index >= 15 is 0 Å². The molecule has 104 valence electrons. The van der Waals surface area contributed by atoms with Gasteiger partial charge < -0.3 is 10.6 Å². The first-order valence-corrected chi connectivity index (χ1v) is 7.69. The Balaban J connectivity index is 2.04. The molecule has 0 spiro atoms. The third kappa shape index (κ3) is 2.87. The number of carbonyl (C=O) groups is 1. The molecule has 3 heteroatoms. The molecule has 0 aromatic carbocycles. The van der Waals surface area contributed by atoms with Crippen LogP contribution in [0.2, 0.25) is 0 Å². The minimum absolute atomic E-state index is 0.181. The molecular weight excluding hydrogens is 224 g/mol. The fourth-order valence-electron chi connectivity index (χ4n) is 3.63. The van der Waals surface area contributed by atoms with E-state index in [0.29, 0.717) is 17.9 Å². The Hall–Kier alpha value is -0.570. The molecular formula is C15H28N2O. The van der Waals surface area contributed by atoms with E-state index in [0.717, 1.165) is 32.2 Å². The molecule has 0 bridgehead atoms. The number of nitrogens with zero attached hydrogens (tertiary/aromatic N) is 1. The third-order valence-electron chi connectivity index (χ3n) is 4.94. The van der Waals surface area contributed by atoms with Gasteiger partial charge in [-0.05, 0) is 50.9 Å². The second-order valence-electron chi connectivity index (χ2n) is 6.25. The molecule has 4 atom stereocenters. The smallest absolute Gasteiger partial charge is 0.226 e. The Bertz CT molecular complexity index is 288. The summed E-state index contributed by atoms with van der Waals surface area (Å²) in [6, 6.07) is 0.719. The third-order valence-corrected chi connectivity index (χ3v) is 4.94. The maximum Gasteiger partial charge on any atom is 0.226 e. The van der Waals surface area contributed by atoms with Crippen molar-refractivity contribution in [2.45, 2.75) is 70.9 Å². The molecule has 0 aromatic heterocycles. The normalized spacial score (nSPS) is 37.6. The standard InChI is InChI=1S/C15H28N2O/c1-3-13-6-4-5-9-17(13)15(18)14-10-12(16)8-7-11(14)2/h11-14H,3-10,16H2,1-2H3. The van der Waals surface area contributed by atoms with Gasteiger partial charge in [-0.25, -0.2) is 0 Å². The van der Waals surface area contributed by atoms with Crippen LogP contribution in [-0.4, -0.2) is 29.4 Å². The summed E-state index contributed by atoms with van der Waals surface area (Å²) in [7, 11) is 0. The van der Waals surface area contributed by atoms with Crippen molar-refractivity contribution in [1.82, 2.24) is 4.90 Å². The molecule has 1 saturated carbocycles. The Morgan fingerprint density at radius 2 is 2.06 bits per heavy atom. The summed E-state index contributed by atoms with van der Waals surface area (Å²) in [6.07, 6.45) is 7.84. The van der Waals surface area contributed by atoms with Crippen molar-refractivity contribution in [3.05, 3.63) is 0 Å². The Kier molecular flexibility index (Phi) is 4.66. The first-order valence-electron chi connectivity index (χ1n) is 7.69. The molecule has 18 heavy (non-hydrogen) atoms. The molecule has 3 nitrogen and oxygen atoms in total. The van der Waals surface area contributed by atoms with Crippen molar-refractivity contribution in [3.8, 4) is 0 Å². The number of likely N-dealkylation sites (tertiary alicyclic amines) is 1. The van der Waals surface area contributed by atoms with Crippen LogP contribution in [0.25, 0.3) is 0 Å². The van der Waals surface area contributed by atoms with Gasteiger partial charge in [0.2, 0.25) is 5.91 Å². The van der Waals surface area contributed by atoms with Gasteiger partial charge in [0.05, 0.1) is 0 Å². The van der Waals surface area contributed by atoms with Gasteiger partial charge in [0.15, 0.2) is 0 Å². The van der Waals surface area contributed by atoms with Crippen LogP contribution in [0.15, 0.2) is 0 Å². The quantitative estimate of drug-likeness (QED) is 0.821. The van der Waals surface area contributed by atoms with Crippen molar-refractivity contribution in [2.75, 3.05) is 6.54 Å². The lowest BCUT2D eigenvalue weighted by molar-refractivity contribution is -0.142. The average molecular weight is 252 g/mol. The lowest BCUT2D eigenvalue weighted by Gasteiger charge is -2.41. The molecule has 1 heterocycles. The minimum Gasteiger partial charge on any atom is -0.339 e. The molecule has 1 aliphatic heterocycles. The second-order valence-corrected chi connectivity index (χ2v) is 6.25. The zero-order valence-electron chi connectivity index (χ0n) is 11.9. The Labute approximate surface area is 111 Å². The van der Waals surface area contributed by atoms with E-state index in [1.54, 1.807) is 0 Å². The van der Waals surface area contributed by atoms with Crippen molar-refractivity contribution in [3.63, 3.8) is 0 Å². The molecule has 1 saturated heterocycles. The summed E-state index contributed by atoms with van der Waals surface area (Å²) < 4.78 is 0. The van der Waals surface area contributed by atoms with Crippen LogP contribution in [0.3, 0.4) is 0 Å². The number of nitrogens with two attached hydrogens (primary N) is 1. The molecule has 2 fully saturated rings. The van der Waals surface area contributed by atoms with Crippen molar-refractivity contribution in [1.29, 1.82) is 0 Å². The van der Waals surface area contributed by atoms with Crippen molar-refractivity contribution < 1.29 is 4.79 Å². The number of hydrogen-bond acceptors (Lipinski definition) is 2. The maximum absolute atomic E-state index is 12.7. The van der Waals surface area contributed by atoms with Gasteiger partial charge in [0, 0.05) is 24.5 Å². The lowest BCUT2D eigenvalue weighted by atomic mass is 9.77. The van der Waals surface area contributed by atoms with E-state index in [4.69, 9.17) is 5.73 Å². The highest BCUT2D eigenvalue weighted by molar-refractivity contribution is 5.79. The van der Waals surface area contributed by atoms with E-state index < -0.39 is 0 Å². The molecule has 2 rings (SSSR count). The number of hydrogen-bond donors (Lipinski definition) is 1. The van der Waals surface area contributed by atoms with Crippen LogP contribution in [0.4, 0.5) is 0 Å². The van der Waals surface area contributed by atoms with Crippen LogP contribution < -0.4 is 5.73 Å². The van der Waals surface area contributed by atoms with Gasteiger partial charge in [0.25, 0.3) is 0 Å². The summed E-state index contributed by atoms with van der Waals surface area (Å²) in [6.45, 7) is 5.39. The number of carbonyl (C=O) groups excluding carboxylic acids is 1. The molecule has 1 amide bonds. The first kappa shape index (κ1) is 13.9.